The molecule has 2 aromatic carbocycles. The molecule has 27 heavy (non-hydrogen) atoms. The van der Waals surface area contributed by atoms with Crippen molar-refractivity contribution in [1.82, 2.24) is 5.43 Å². The van der Waals surface area contributed by atoms with E-state index in [0.29, 0.717) is 15.6 Å². The molecule has 0 saturated heterocycles. The molecular formula is C21H21Cl2N3O. The van der Waals surface area contributed by atoms with Crippen molar-refractivity contribution in [3.05, 3.63) is 69.2 Å². The molecule has 0 unspecified atom stereocenters. The molecule has 0 aromatic heterocycles. The molecule has 0 bridgehead atoms. The first-order valence-corrected chi connectivity index (χ1v) is 9.31. The maximum Gasteiger partial charge on any atom is 0.272 e. The minimum Gasteiger partial charge on any atom is -0.365 e. The molecule has 4 nitrogen and oxygen atoms in total. The lowest BCUT2D eigenvalue weighted by molar-refractivity contribution is 0.0955. The largest absolute Gasteiger partial charge is 0.365 e. The third-order valence-electron chi connectivity index (χ3n) is 4.82. The van der Waals surface area contributed by atoms with Crippen molar-refractivity contribution in [1.29, 1.82) is 0 Å². The van der Waals surface area contributed by atoms with Crippen LogP contribution in [0.3, 0.4) is 0 Å². The fraction of sp³-hybridized carbons (Fsp3) is 0.238. The van der Waals surface area contributed by atoms with E-state index in [1.54, 1.807) is 30.5 Å². The van der Waals surface area contributed by atoms with Gasteiger partial charge in [0.2, 0.25) is 0 Å². The molecule has 3 rings (SSSR count). The van der Waals surface area contributed by atoms with Crippen LogP contribution in [0, 0.1) is 0 Å². The van der Waals surface area contributed by atoms with E-state index in [1.165, 1.54) is 5.57 Å². The highest BCUT2D eigenvalue weighted by Gasteiger charge is 2.29. The fourth-order valence-electron chi connectivity index (χ4n) is 3.15. The summed E-state index contributed by atoms with van der Waals surface area (Å²) in [5.74, 6) is -0.372. The number of hydrogen-bond acceptors (Lipinski definition) is 3. The number of allylic oxidation sites excluding steroid dienone is 1. The molecule has 0 spiro atoms. The van der Waals surface area contributed by atoms with E-state index in [1.807, 2.05) is 12.1 Å². The average Bonchev–Trinajstić information content (AvgIpc) is 2.60. The van der Waals surface area contributed by atoms with Gasteiger partial charge in [0.05, 0.1) is 27.4 Å². The van der Waals surface area contributed by atoms with Gasteiger partial charge in [-0.15, -0.1) is 0 Å². The monoisotopic (exact) mass is 401 g/mol. The van der Waals surface area contributed by atoms with Crippen molar-refractivity contribution in [3.8, 4) is 0 Å². The van der Waals surface area contributed by atoms with Crippen molar-refractivity contribution in [3.63, 3.8) is 0 Å². The number of nitrogens with one attached hydrogen (secondary N) is 1. The molecule has 0 radical (unpaired) electrons. The molecule has 6 heteroatoms. The Balaban J connectivity index is 1.85. The Labute approximate surface area is 169 Å². The predicted molar refractivity (Wildman–Crippen MR) is 114 cm³/mol. The van der Waals surface area contributed by atoms with Gasteiger partial charge in [0.1, 0.15) is 0 Å². The molecule has 1 aliphatic rings. The molecule has 0 saturated carbocycles. The fourth-order valence-corrected chi connectivity index (χ4v) is 3.58. The molecule has 0 aliphatic carbocycles. The first kappa shape index (κ1) is 19.5. The van der Waals surface area contributed by atoms with Gasteiger partial charge in [-0.25, -0.2) is 5.43 Å². The summed E-state index contributed by atoms with van der Waals surface area (Å²) in [6.07, 6.45) is 3.77. The molecule has 0 atom stereocenters. The smallest absolute Gasteiger partial charge is 0.272 e. The first-order valence-electron chi connectivity index (χ1n) is 8.56. The van der Waals surface area contributed by atoms with Crippen molar-refractivity contribution in [2.24, 2.45) is 5.10 Å². The third kappa shape index (κ3) is 3.87. The number of amides is 1. The van der Waals surface area contributed by atoms with E-state index in [-0.39, 0.29) is 11.4 Å². The van der Waals surface area contributed by atoms with Crippen LogP contribution in [0.2, 0.25) is 10.0 Å². The van der Waals surface area contributed by atoms with Crippen LogP contribution in [0.15, 0.2) is 47.6 Å². The molecule has 1 heterocycles. The predicted octanol–water partition coefficient (Wildman–Crippen LogP) is 5.39. The van der Waals surface area contributed by atoms with Gasteiger partial charge < -0.3 is 4.90 Å². The Morgan fingerprint density at radius 3 is 2.59 bits per heavy atom. The van der Waals surface area contributed by atoms with E-state index in [4.69, 9.17) is 23.2 Å². The molecule has 2 aromatic rings. The van der Waals surface area contributed by atoms with Gasteiger partial charge in [-0.1, -0.05) is 41.4 Å². The van der Waals surface area contributed by atoms with E-state index in [9.17, 15) is 4.79 Å². The second-order valence-corrected chi connectivity index (χ2v) is 7.92. The molecule has 0 fully saturated rings. The Hall–Kier alpha value is -2.30. The Kier molecular flexibility index (Phi) is 5.31. The highest BCUT2D eigenvalue weighted by molar-refractivity contribution is 6.34. The molecule has 1 amide bonds. The topological polar surface area (TPSA) is 44.7 Å². The van der Waals surface area contributed by atoms with Crippen LogP contribution in [-0.2, 0) is 0 Å². The minimum absolute atomic E-state index is 0.0844. The van der Waals surface area contributed by atoms with Crippen LogP contribution in [0.4, 0.5) is 5.69 Å². The lowest BCUT2D eigenvalue weighted by atomic mass is 9.88. The quantitative estimate of drug-likeness (QED) is 0.553. The Morgan fingerprint density at radius 2 is 1.89 bits per heavy atom. The maximum absolute atomic E-state index is 12.2. The molecule has 140 valence electrons. The highest BCUT2D eigenvalue weighted by atomic mass is 35.5. The van der Waals surface area contributed by atoms with Crippen LogP contribution >= 0.6 is 23.2 Å². The van der Waals surface area contributed by atoms with E-state index in [0.717, 1.165) is 16.8 Å². The summed E-state index contributed by atoms with van der Waals surface area (Å²) in [6.45, 7) is 6.40. The zero-order valence-electron chi connectivity index (χ0n) is 15.7. The van der Waals surface area contributed by atoms with Gasteiger partial charge in [-0.3, -0.25) is 4.79 Å². The van der Waals surface area contributed by atoms with E-state index < -0.39 is 0 Å². The van der Waals surface area contributed by atoms with Crippen molar-refractivity contribution < 1.29 is 4.79 Å². The zero-order chi connectivity index (χ0) is 19.8. The number of benzene rings is 2. The van der Waals surface area contributed by atoms with Crippen molar-refractivity contribution in [2.75, 3.05) is 11.9 Å². The van der Waals surface area contributed by atoms with Crippen LogP contribution in [-0.4, -0.2) is 24.7 Å². The summed E-state index contributed by atoms with van der Waals surface area (Å²) in [5, 5.41) is 4.99. The van der Waals surface area contributed by atoms with Gasteiger partial charge in [-0.05, 0) is 50.6 Å². The lowest BCUT2D eigenvalue weighted by Gasteiger charge is -2.40. The van der Waals surface area contributed by atoms with Gasteiger partial charge in [0.15, 0.2) is 0 Å². The normalized spacial score (nSPS) is 15.5. The number of likely N-dealkylation sites (N-methyl/N-ethyl adjacent to an activating group) is 1. The number of rotatable bonds is 3. The molecule has 1 N–H and O–H groups in total. The Bertz CT molecular complexity index is 964. The summed E-state index contributed by atoms with van der Waals surface area (Å²) < 4.78 is 0. The summed E-state index contributed by atoms with van der Waals surface area (Å²) in [7, 11) is 2.05. The van der Waals surface area contributed by atoms with Gasteiger partial charge in [0, 0.05) is 23.9 Å². The molecular weight excluding hydrogens is 381 g/mol. The number of hydrogen-bond donors (Lipinski definition) is 1. The summed E-state index contributed by atoms with van der Waals surface area (Å²) in [4.78, 5) is 14.4. The number of hydrazone groups is 1. The number of carbonyl (C=O) groups is 1. The van der Waals surface area contributed by atoms with Crippen LogP contribution in [0.25, 0.3) is 5.57 Å². The average molecular weight is 402 g/mol. The number of carbonyl (C=O) groups excluding carboxylic acids is 1. The van der Waals surface area contributed by atoms with E-state index >= 15 is 0 Å². The SMILES string of the molecule is CC1=CC(C)(C)N(C)c2cc(Cl)c(/C=N/NC(=O)c3ccccc3Cl)cc21. The standard InChI is InChI=1S/C21H21Cl2N3O/c1-13-11-21(2,3)26(4)19-10-18(23)14(9-16(13)19)12-24-25-20(27)15-7-5-6-8-17(15)22/h5-12H,1-4H3,(H,25,27)/b24-12+. The van der Waals surface area contributed by atoms with Gasteiger partial charge in [-0.2, -0.15) is 5.10 Å². The van der Waals surface area contributed by atoms with Crippen LogP contribution < -0.4 is 10.3 Å². The number of nitrogens with zero attached hydrogens (tertiary/aromatic N) is 2. The first-order chi connectivity index (χ1) is 12.7. The summed E-state index contributed by atoms with van der Waals surface area (Å²) in [5.41, 5.74) is 6.86. The third-order valence-corrected chi connectivity index (χ3v) is 5.48. The summed E-state index contributed by atoms with van der Waals surface area (Å²) >= 11 is 12.5. The van der Waals surface area contributed by atoms with Crippen molar-refractivity contribution >= 4 is 46.6 Å². The van der Waals surface area contributed by atoms with Gasteiger partial charge in [0.25, 0.3) is 5.91 Å². The highest BCUT2D eigenvalue weighted by Crippen LogP contribution is 2.40. The summed E-state index contributed by atoms with van der Waals surface area (Å²) in [6, 6.07) is 10.7. The minimum atomic E-state index is -0.372. The second kappa shape index (κ2) is 7.37. The Morgan fingerprint density at radius 1 is 1.19 bits per heavy atom. The number of anilines is 1. The van der Waals surface area contributed by atoms with Crippen LogP contribution in [0.5, 0.6) is 0 Å². The second-order valence-electron chi connectivity index (χ2n) is 7.11. The number of fused-ring (bicyclic) bond motifs is 1. The van der Waals surface area contributed by atoms with E-state index in [2.05, 4.69) is 49.3 Å². The number of halogens is 2. The maximum atomic E-state index is 12.2. The van der Waals surface area contributed by atoms with Gasteiger partial charge >= 0.3 is 0 Å². The molecule has 1 aliphatic heterocycles. The van der Waals surface area contributed by atoms with Crippen LogP contribution in [0.1, 0.15) is 42.3 Å². The zero-order valence-corrected chi connectivity index (χ0v) is 17.2. The van der Waals surface area contributed by atoms with Crippen molar-refractivity contribution in [2.45, 2.75) is 26.3 Å². The lowest BCUT2D eigenvalue weighted by Crippen LogP contribution is -2.42.